The summed E-state index contributed by atoms with van der Waals surface area (Å²) in [7, 11) is 1.50. The van der Waals surface area contributed by atoms with E-state index in [2.05, 4.69) is 14.8 Å². The van der Waals surface area contributed by atoms with Gasteiger partial charge >= 0.3 is 6.29 Å². The topological polar surface area (TPSA) is 56.8 Å². The molecule has 0 radical (unpaired) electrons. The van der Waals surface area contributed by atoms with E-state index in [1.807, 2.05) is 0 Å². The van der Waals surface area contributed by atoms with E-state index < -0.39 is 6.29 Å². The Morgan fingerprint density at radius 3 is 2.71 bits per heavy atom. The molecule has 1 N–H and O–H groups in total. The molecule has 124 valence electrons. The number of benzene rings is 2. The summed E-state index contributed by atoms with van der Waals surface area (Å²) in [6.07, 6.45) is -0.904. The molecule has 0 unspecified atom stereocenters. The fourth-order valence-electron chi connectivity index (χ4n) is 2.16. The first kappa shape index (κ1) is 15.8. The Morgan fingerprint density at radius 2 is 1.92 bits per heavy atom. The first-order chi connectivity index (χ1) is 11.5. The minimum atomic E-state index is -3.66. The molecule has 3 rings (SSSR count). The summed E-state index contributed by atoms with van der Waals surface area (Å²) in [4.78, 5) is 12.0. The molecule has 2 aromatic rings. The number of nitrogens with one attached hydrogen (secondary N) is 1. The molecule has 2 aromatic carbocycles. The van der Waals surface area contributed by atoms with Crippen molar-refractivity contribution in [1.29, 1.82) is 0 Å². The predicted molar refractivity (Wildman–Crippen MR) is 83.3 cm³/mol. The van der Waals surface area contributed by atoms with E-state index in [1.165, 1.54) is 37.5 Å². The molecule has 0 spiro atoms. The highest BCUT2D eigenvalue weighted by Gasteiger charge is 2.43. The van der Waals surface area contributed by atoms with E-state index in [-0.39, 0.29) is 17.4 Å². The Morgan fingerprint density at radius 1 is 1.17 bits per heavy atom. The molecule has 0 saturated heterocycles. The van der Waals surface area contributed by atoms with E-state index in [1.54, 1.807) is 24.3 Å². The Balaban J connectivity index is 1.69. The SMILES string of the molecule is COc1ccccc1NC(=O)/C=C/c1ccc2c(c1)OC(F)(F)O2. The molecule has 1 aliphatic rings. The van der Waals surface area contributed by atoms with Crippen LogP contribution in [-0.4, -0.2) is 19.3 Å². The Kier molecular flexibility index (Phi) is 4.07. The van der Waals surface area contributed by atoms with Crippen molar-refractivity contribution in [3.8, 4) is 17.2 Å². The number of halogens is 2. The van der Waals surface area contributed by atoms with Gasteiger partial charge in [-0.3, -0.25) is 4.79 Å². The molecule has 1 heterocycles. The molecule has 1 aliphatic heterocycles. The van der Waals surface area contributed by atoms with Crippen LogP contribution in [0.1, 0.15) is 5.56 Å². The van der Waals surface area contributed by atoms with Crippen molar-refractivity contribution in [3.63, 3.8) is 0 Å². The second-order valence-electron chi connectivity index (χ2n) is 4.90. The highest BCUT2D eigenvalue weighted by atomic mass is 19.3. The number of anilines is 1. The normalized spacial score (nSPS) is 14.6. The number of rotatable bonds is 4. The zero-order valence-electron chi connectivity index (χ0n) is 12.6. The number of fused-ring (bicyclic) bond motifs is 1. The number of carbonyl (C=O) groups excluding carboxylic acids is 1. The quantitative estimate of drug-likeness (QED) is 0.868. The molecular formula is C17H13F2NO4. The molecular weight excluding hydrogens is 320 g/mol. The van der Waals surface area contributed by atoms with Crippen LogP contribution < -0.4 is 19.5 Å². The first-order valence-corrected chi connectivity index (χ1v) is 6.99. The van der Waals surface area contributed by atoms with Gasteiger partial charge in [0.05, 0.1) is 12.8 Å². The molecule has 0 aromatic heterocycles. The third kappa shape index (κ3) is 3.45. The number of ether oxygens (including phenoxy) is 3. The molecule has 7 heteroatoms. The smallest absolute Gasteiger partial charge is 0.495 e. The number of amides is 1. The lowest BCUT2D eigenvalue weighted by molar-refractivity contribution is -0.286. The second kappa shape index (κ2) is 6.19. The molecule has 5 nitrogen and oxygen atoms in total. The number of para-hydroxylation sites is 2. The lowest BCUT2D eigenvalue weighted by Gasteiger charge is -2.07. The van der Waals surface area contributed by atoms with Gasteiger partial charge in [0.2, 0.25) is 5.91 Å². The van der Waals surface area contributed by atoms with Crippen LogP contribution in [0.5, 0.6) is 17.2 Å². The maximum Gasteiger partial charge on any atom is 0.586 e. The van der Waals surface area contributed by atoms with E-state index >= 15 is 0 Å². The molecule has 0 bridgehead atoms. The highest BCUT2D eigenvalue weighted by molar-refractivity contribution is 6.02. The summed E-state index contributed by atoms with van der Waals surface area (Å²) in [5.41, 5.74) is 1.05. The lowest BCUT2D eigenvalue weighted by Crippen LogP contribution is -2.25. The van der Waals surface area contributed by atoms with Gasteiger partial charge in [0.1, 0.15) is 5.75 Å². The van der Waals surface area contributed by atoms with Gasteiger partial charge in [0, 0.05) is 6.08 Å². The van der Waals surface area contributed by atoms with Gasteiger partial charge in [0.15, 0.2) is 11.5 Å². The summed E-state index contributed by atoms with van der Waals surface area (Å²) in [5.74, 6) is 0.0231. The number of alkyl halides is 2. The minimum Gasteiger partial charge on any atom is -0.495 e. The first-order valence-electron chi connectivity index (χ1n) is 6.99. The van der Waals surface area contributed by atoms with Crippen LogP contribution >= 0.6 is 0 Å². The fourth-order valence-corrected chi connectivity index (χ4v) is 2.16. The van der Waals surface area contributed by atoms with Crippen molar-refractivity contribution >= 4 is 17.7 Å². The Bertz CT molecular complexity index is 805. The van der Waals surface area contributed by atoms with Gasteiger partial charge in [-0.15, -0.1) is 8.78 Å². The van der Waals surface area contributed by atoms with E-state index in [0.717, 1.165) is 0 Å². The van der Waals surface area contributed by atoms with E-state index in [4.69, 9.17) is 4.74 Å². The molecule has 0 atom stereocenters. The average molecular weight is 333 g/mol. The zero-order chi connectivity index (χ0) is 17.2. The minimum absolute atomic E-state index is 0.0457. The summed E-state index contributed by atoms with van der Waals surface area (Å²) in [6, 6.07) is 11.2. The van der Waals surface area contributed by atoms with Crippen LogP contribution in [0.2, 0.25) is 0 Å². The van der Waals surface area contributed by atoms with Crippen LogP contribution in [0.4, 0.5) is 14.5 Å². The monoisotopic (exact) mass is 333 g/mol. The van der Waals surface area contributed by atoms with Gasteiger partial charge in [-0.2, -0.15) is 0 Å². The van der Waals surface area contributed by atoms with Crippen molar-refractivity contribution in [1.82, 2.24) is 0 Å². The molecule has 1 amide bonds. The van der Waals surface area contributed by atoms with Gasteiger partial charge in [-0.25, -0.2) is 0 Å². The van der Waals surface area contributed by atoms with Crippen LogP contribution in [0.25, 0.3) is 6.08 Å². The Labute approximate surface area is 136 Å². The van der Waals surface area contributed by atoms with E-state index in [0.29, 0.717) is 17.0 Å². The third-order valence-corrected chi connectivity index (χ3v) is 3.22. The van der Waals surface area contributed by atoms with Gasteiger partial charge in [0.25, 0.3) is 0 Å². The highest BCUT2D eigenvalue weighted by Crippen LogP contribution is 2.41. The van der Waals surface area contributed by atoms with Crippen LogP contribution in [0.15, 0.2) is 48.5 Å². The van der Waals surface area contributed by atoms with Crippen molar-refractivity contribution in [2.24, 2.45) is 0 Å². The molecule has 0 saturated carbocycles. The van der Waals surface area contributed by atoms with Gasteiger partial charge in [-0.05, 0) is 35.9 Å². The number of hydrogen-bond donors (Lipinski definition) is 1. The van der Waals surface area contributed by atoms with Crippen molar-refractivity contribution < 1.29 is 27.8 Å². The van der Waals surface area contributed by atoms with Gasteiger partial charge in [-0.1, -0.05) is 18.2 Å². The van der Waals surface area contributed by atoms with Crippen LogP contribution in [0.3, 0.4) is 0 Å². The van der Waals surface area contributed by atoms with Gasteiger partial charge < -0.3 is 19.5 Å². The Hall–Kier alpha value is -3.09. The molecule has 0 aliphatic carbocycles. The third-order valence-electron chi connectivity index (χ3n) is 3.22. The summed E-state index contributed by atoms with van der Waals surface area (Å²) in [6.45, 7) is 0. The number of carbonyl (C=O) groups is 1. The number of methoxy groups -OCH3 is 1. The van der Waals surface area contributed by atoms with Crippen LogP contribution in [0, 0.1) is 0 Å². The fraction of sp³-hybridized carbons (Fsp3) is 0.118. The molecule has 0 fully saturated rings. The van der Waals surface area contributed by atoms with Crippen LogP contribution in [-0.2, 0) is 4.79 Å². The summed E-state index contributed by atoms with van der Waals surface area (Å²) >= 11 is 0. The maximum atomic E-state index is 13.0. The number of hydrogen-bond acceptors (Lipinski definition) is 4. The van der Waals surface area contributed by atoms with Crippen molar-refractivity contribution in [2.45, 2.75) is 6.29 Å². The zero-order valence-corrected chi connectivity index (χ0v) is 12.6. The second-order valence-corrected chi connectivity index (χ2v) is 4.90. The standard InChI is InChI=1S/C17H13F2NO4/c1-22-13-5-3-2-4-12(13)20-16(21)9-7-11-6-8-14-15(10-11)24-17(18,19)23-14/h2-10H,1H3,(H,20,21)/b9-7+. The van der Waals surface area contributed by atoms with Crippen molar-refractivity contribution in [3.05, 3.63) is 54.1 Å². The van der Waals surface area contributed by atoms with Crippen molar-refractivity contribution in [2.75, 3.05) is 12.4 Å². The van der Waals surface area contributed by atoms with E-state index in [9.17, 15) is 13.6 Å². The maximum absolute atomic E-state index is 13.0. The largest absolute Gasteiger partial charge is 0.586 e. The lowest BCUT2D eigenvalue weighted by atomic mass is 10.2. The summed E-state index contributed by atoms with van der Waals surface area (Å²) < 4.78 is 39.7. The molecule has 24 heavy (non-hydrogen) atoms. The average Bonchev–Trinajstić information content (AvgIpc) is 2.86. The predicted octanol–water partition coefficient (Wildman–Crippen LogP) is 3.67. The summed E-state index contributed by atoms with van der Waals surface area (Å²) in [5, 5.41) is 2.67.